The van der Waals surface area contributed by atoms with Gasteiger partial charge in [0, 0.05) is 18.1 Å². The number of amides is 4. The zero-order valence-electron chi connectivity index (χ0n) is 16.7. The summed E-state index contributed by atoms with van der Waals surface area (Å²) in [5, 5.41) is 8.01. The number of carbonyl (C=O) groups excluding carboxylic acids is 3. The Kier molecular flexibility index (Phi) is 6.41. The van der Waals surface area contributed by atoms with Crippen molar-refractivity contribution in [1.82, 2.24) is 15.5 Å². The van der Waals surface area contributed by atoms with E-state index in [1.54, 1.807) is 22.7 Å². The number of hydrogen-bond acceptors (Lipinski definition) is 4. The van der Waals surface area contributed by atoms with Gasteiger partial charge in [-0.05, 0) is 24.1 Å². The third kappa shape index (κ3) is 4.99. The maximum Gasteiger partial charge on any atom is 0.319 e. The lowest BCUT2D eigenvalue weighted by atomic mass is 10.1. The molecule has 162 valence electrons. The summed E-state index contributed by atoms with van der Waals surface area (Å²) in [5.41, 5.74) is 1.23. The highest BCUT2D eigenvalue weighted by atomic mass is 32.2. The minimum absolute atomic E-state index is 0.0695. The summed E-state index contributed by atoms with van der Waals surface area (Å²) in [6.07, 6.45) is 0.326. The molecule has 0 saturated carbocycles. The van der Waals surface area contributed by atoms with E-state index in [0.717, 1.165) is 11.3 Å². The van der Waals surface area contributed by atoms with Crippen molar-refractivity contribution >= 4 is 35.3 Å². The van der Waals surface area contributed by atoms with E-state index in [1.807, 2.05) is 30.3 Å². The summed E-state index contributed by atoms with van der Waals surface area (Å²) in [7, 11) is 0. The number of rotatable bonds is 6. The Morgan fingerprint density at radius 3 is 2.65 bits per heavy atom. The van der Waals surface area contributed by atoms with Crippen molar-refractivity contribution < 1.29 is 18.8 Å². The van der Waals surface area contributed by atoms with Crippen LogP contribution in [0.15, 0.2) is 54.6 Å². The van der Waals surface area contributed by atoms with Crippen molar-refractivity contribution in [2.75, 3.05) is 17.6 Å². The Labute approximate surface area is 183 Å². The number of benzene rings is 2. The van der Waals surface area contributed by atoms with Crippen LogP contribution >= 0.6 is 11.8 Å². The molecule has 2 saturated heterocycles. The number of fused-ring (bicyclic) bond motifs is 1. The van der Waals surface area contributed by atoms with Crippen LogP contribution in [-0.2, 0) is 15.3 Å². The molecule has 0 spiro atoms. The van der Waals surface area contributed by atoms with Gasteiger partial charge >= 0.3 is 6.03 Å². The van der Waals surface area contributed by atoms with Crippen LogP contribution < -0.4 is 16.0 Å². The van der Waals surface area contributed by atoms with Crippen LogP contribution in [0, 0.1) is 5.82 Å². The van der Waals surface area contributed by atoms with Crippen molar-refractivity contribution in [1.29, 1.82) is 0 Å². The van der Waals surface area contributed by atoms with E-state index in [2.05, 4.69) is 16.0 Å². The summed E-state index contributed by atoms with van der Waals surface area (Å²) >= 11 is 1.59. The molecule has 2 aliphatic rings. The minimum Gasteiger partial charge on any atom is -0.342 e. The van der Waals surface area contributed by atoms with Crippen LogP contribution in [0.25, 0.3) is 0 Å². The van der Waals surface area contributed by atoms with Gasteiger partial charge in [-0.3, -0.25) is 9.59 Å². The van der Waals surface area contributed by atoms with Gasteiger partial charge in [0.05, 0.1) is 11.7 Å². The number of anilines is 1. The predicted molar refractivity (Wildman–Crippen MR) is 117 cm³/mol. The molecule has 31 heavy (non-hydrogen) atoms. The summed E-state index contributed by atoms with van der Waals surface area (Å²) in [5.74, 6) is 0.360. The zero-order chi connectivity index (χ0) is 21.8. The monoisotopic (exact) mass is 442 g/mol. The van der Waals surface area contributed by atoms with E-state index in [1.165, 1.54) is 18.2 Å². The zero-order valence-corrected chi connectivity index (χ0v) is 17.5. The van der Waals surface area contributed by atoms with Gasteiger partial charge in [-0.25, -0.2) is 9.18 Å². The molecule has 2 aromatic rings. The molecule has 2 aliphatic heterocycles. The molecule has 9 heteroatoms. The fourth-order valence-electron chi connectivity index (χ4n) is 3.85. The first-order chi connectivity index (χ1) is 15.0. The van der Waals surface area contributed by atoms with Gasteiger partial charge in [0.2, 0.25) is 11.8 Å². The molecule has 0 aromatic heterocycles. The maximum absolute atomic E-state index is 13.7. The first kappa shape index (κ1) is 21.2. The normalized spacial score (nSPS) is 22.6. The lowest BCUT2D eigenvalue weighted by molar-refractivity contribution is -0.146. The number of nitrogens with one attached hydrogen (secondary N) is 3. The van der Waals surface area contributed by atoms with E-state index >= 15 is 0 Å². The van der Waals surface area contributed by atoms with Gasteiger partial charge in [0.15, 0.2) is 0 Å². The second kappa shape index (κ2) is 9.38. The van der Waals surface area contributed by atoms with Gasteiger partial charge in [-0.15, -0.1) is 0 Å². The van der Waals surface area contributed by atoms with Gasteiger partial charge in [-0.1, -0.05) is 42.5 Å². The van der Waals surface area contributed by atoms with Crippen LogP contribution in [0.5, 0.6) is 0 Å². The lowest BCUT2D eigenvalue weighted by Crippen LogP contribution is -2.61. The van der Waals surface area contributed by atoms with E-state index in [0.29, 0.717) is 12.2 Å². The third-order valence-corrected chi connectivity index (χ3v) is 6.46. The number of urea groups is 1. The first-order valence-electron chi connectivity index (χ1n) is 10.1. The molecule has 0 aliphatic carbocycles. The Morgan fingerprint density at radius 1 is 1.13 bits per heavy atom. The molecular formula is C22H23FN4O3S. The Morgan fingerprint density at radius 2 is 1.87 bits per heavy atom. The SMILES string of the molecule is O=C(Nc1ccccc1F)N[C@H]1C[C@H]2C(=O)N[C@@H](CSCc3ccccc3)C(=O)N2C1. The summed E-state index contributed by atoms with van der Waals surface area (Å²) < 4.78 is 13.7. The quantitative estimate of drug-likeness (QED) is 0.641. The van der Waals surface area contributed by atoms with Crippen LogP contribution in [-0.4, -0.2) is 53.2 Å². The largest absolute Gasteiger partial charge is 0.342 e. The van der Waals surface area contributed by atoms with Crippen molar-refractivity contribution in [3.63, 3.8) is 0 Å². The van der Waals surface area contributed by atoms with Crippen molar-refractivity contribution in [3.8, 4) is 0 Å². The predicted octanol–water partition coefficient (Wildman–Crippen LogP) is 2.35. The molecule has 2 heterocycles. The Balaban J connectivity index is 1.30. The van der Waals surface area contributed by atoms with E-state index < -0.39 is 23.9 Å². The average Bonchev–Trinajstić information content (AvgIpc) is 3.18. The van der Waals surface area contributed by atoms with Gasteiger partial charge in [0.1, 0.15) is 17.9 Å². The fraction of sp³-hybridized carbons (Fsp3) is 0.318. The molecule has 4 amide bonds. The van der Waals surface area contributed by atoms with Gasteiger partial charge in [0.25, 0.3) is 0 Å². The highest BCUT2D eigenvalue weighted by Gasteiger charge is 2.46. The highest BCUT2D eigenvalue weighted by Crippen LogP contribution is 2.25. The number of thioether (sulfide) groups is 1. The maximum atomic E-state index is 13.7. The molecule has 4 rings (SSSR count). The summed E-state index contributed by atoms with van der Waals surface area (Å²) in [6, 6.07) is 13.7. The van der Waals surface area contributed by atoms with Crippen molar-refractivity contribution in [2.24, 2.45) is 0 Å². The second-order valence-electron chi connectivity index (χ2n) is 7.58. The highest BCUT2D eigenvalue weighted by molar-refractivity contribution is 7.98. The van der Waals surface area contributed by atoms with Gasteiger partial charge in [-0.2, -0.15) is 11.8 Å². The Bertz CT molecular complexity index is 974. The van der Waals surface area contributed by atoms with Crippen molar-refractivity contribution in [3.05, 3.63) is 66.0 Å². The Hall–Kier alpha value is -3.07. The number of piperazine rings is 1. The molecule has 2 aromatic carbocycles. The summed E-state index contributed by atoms with van der Waals surface area (Å²) in [6.45, 7) is 0.251. The van der Waals surface area contributed by atoms with Crippen LogP contribution in [0.4, 0.5) is 14.9 Å². The fourth-order valence-corrected chi connectivity index (χ4v) is 4.86. The molecule has 0 bridgehead atoms. The number of hydrogen-bond donors (Lipinski definition) is 3. The third-order valence-electron chi connectivity index (χ3n) is 5.35. The number of carbonyl (C=O) groups is 3. The number of para-hydroxylation sites is 1. The lowest BCUT2D eigenvalue weighted by Gasteiger charge is -2.34. The molecule has 0 radical (unpaired) electrons. The topological polar surface area (TPSA) is 90.5 Å². The number of nitrogens with zero attached hydrogens (tertiary/aromatic N) is 1. The molecule has 7 nitrogen and oxygen atoms in total. The first-order valence-corrected chi connectivity index (χ1v) is 11.2. The van der Waals surface area contributed by atoms with E-state index in [9.17, 15) is 18.8 Å². The van der Waals surface area contributed by atoms with E-state index in [4.69, 9.17) is 0 Å². The van der Waals surface area contributed by atoms with Crippen LogP contribution in [0.3, 0.4) is 0 Å². The molecule has 3 atom stereocenters. The molecule has 0 unspecified atom stereocenters. The van der Waals surface area contributed by atoms with Crippen molar-refractivity contribution in [2.45, 2.75) is 30.3 Å². The standard InChI is InChI=1S/C22H23FN4O3S/c23-16-8-4-5-9-17(16)26-22(30)24-15-10-19-20(28)25-18(21(29)27(19)11-15)13-31-12-14-6-2-1-3-7-14/h1-9,15,18-19H,10-13H2,(H,25,28)(H2,24,26,30)/t15-,18-,19-/m0/s1. The van der Waals surface area contributed by atoms with Crippen LogP contribution in [0.2, 0.25) is 0 Å². The minimum atomic E-state index is -0.596. The van der Waals surface area contributed by atoms with Gasteiger partial charge < -0.3 is 20.9 Å². The van der Waals surface area contributed by atoms with Crippen LogP contribution in [0.1, 0.15) is 12.0 Å². The second-order valence-corrected chi connectivity index (χ2v) is 8.61. The summed E-state index contributed by atoms with van der Waals surface area (Å²) in [4.78, 5) is 39.2. The molecular weight excluding hydrogens is 419 g/mol. The molecule has 2 fully saturated rings. The van der Waals surface area contributed by atoms with E-state index in [-0.39, 0.29) is 30.1 Å². The smallest absolute Gasteiger partial charge is 0.319 e. The number of halogens is 1. The average molecular weight is 443 g/mol. The molecule has 3 N–H and O–H groups in total.